The predicted molar refractivity (Wildman–Crippen MR) is 91.5 cm³/mol. The highest BCUT2D eigenvalue weighted by Gasteiger charge is 2.29. The second-order valence-electron chi connectivity index (χ2n) is 5.62. The van der Waals surface area contributed by atoms with Gasteiger partial charge in [-0.2, -0.15) is 0 Å². The van der Waals surface area contributed by atoms with Crippen molar-refractivity contribution < 1.29 is 4.79 Å². The third-order valence-corrected chi connectivity index (χ3v) is 4.75. The molecule has 1 aromatic carbocycles. The maximum atomic E-state index is 12.7. The first-order chi connectivity index (χ1) is 11.2. The molecule has 0 saturated carbocycles. The summed E-state index contributed by atoms with van der Waals surface area (Å²) in [5, 5.41) is 0.682. The van der Waals surface area contributed by atoms with Crippen molar-refractivity contribution in [3.05, 3.63) is 53.9 Å². The molecule has 0 N–H and O–H groups in total. The Morgan fingerprint density at radius 2 is 1.87 bits per heavy atom. The molecule has 0 aliphatic carbocycles. The monoisotopic (exact) mass is 328 g/mol. The number of carbonyl (C=O) groups excluding carboxylic acids is 1. The maximum absolute atomic E-state index is 12.7. The van der Waals surface area contributed by atoms with Gasteiger partial charge in [0.15, 0.2) is 5.16 Å². The van der Waals surface area contributed by atoms with E-state index in [0.29, 0.717) is 17.3 Å². The van der Waals surface area contributed by atoms with Crippen LogP contribution in [-0.2, 0) is 0 Å². The summed E-state index contributed by atoms with van der Waals surface area (Å²) in [5.74, 6) is 0.00619. The molecule has 1 aliphatic heterocycles. The van der Waals surface area contributed by atoms with Gasteiger partial charge in [0, 0.05) is 32.0 Å². The number of hydrogen-bond acceptors (Lipinski definition) is 5. The fraction of sp³-hybridized carbons (Fsp3) is 0.353. The number of amides is 1. The van der Waals surface area contributed by atoms with Crippen molar-refractivity contribution in [3.63, 3.8) is 0 Å². The Hall–Kier alpha value is -1.92. The Labute approximate surface area is 140 Å². The van der Waals surface area contributed by atoms with Crippen LogP contribution in [0.25, 0.3) is 0 Å². The number of carbonyl (C=O) groups is 1. The van der Waals surface area contributed by atoms with Crippen molar-refractivity contribution in [2.45, 2.75) is 11.2 Å². The standard InChI is InChI=1S/C17H20N4OS/c1-20-8-9-21(12-15(20)13-6-4-3-5-7-13)16(22)14-10-18-17(23-2)19-11-14/h3-7,10-11,15H,8-9,12H2,1-2H3/t15-/m0/s1. The first kappa shape index (κ1) is 16.0. The van der Waals surface area contributed by atoms with Crippen molar-refractivity contribution in [1.29, 1.82) is 0 Å². The fourth-order valence-electron chi connectivity index (χ4n) is 2.81. The summed E-state index contributed by atoms with van der Waals surface area (Å²) in [6.45, 7) is 2.27. The van der Waals surface area contributed by atoms with Crippen LogP contribution in [0.5, 0.6) is 0 Å². The number of benzene rings is 1. The van der Waals surface area contributed by atoms with Crippen LogP contribution in [0.2, 0.25) is 0 Å². The van der Waals surface area contributed by atoms with Crippen LogP contribution in [0.1, 0.15) is 22.0 Å². The molecule has 3 rings (SSSR count). The van der Waals surface area contributed by atoms with Gasteiger partial charge in [0.1, 0.15) is 0 Å². The van der Waals surface area contributed by atoms with E-state index < -0.39 is 0 Å². The van der Waals surface area contributed by atoms with Gasteiger partial charge in [0.25, 0.3) is 5.91 Å². The summed E-state index contributed by atoms with van der Waals surface area (Å²) in [4.78, 5) is 25.3. The molecule has 2 aromatic rings. The summed E-state index contributed by atoms with van der Waals surface area (Å²) < 4.78 is 0. The molecule has 0 spiro atoms. The summed E-state index contributed by atoms with van der Waals surface area (Å²) >= 11 is 1.47. The molecule has 6 heteroatoms. The smallest absolute Gasteiger partial charge is 0.257 e. The zero-order valence-corrected chi connectivity index (χ0v) is 14.2. The highest BCUT2D eigenvalue weighted by atomic mass is 32.2. The van der Waals surface area contributed by atoms with E-state index in [0.717, 1.165) is 13.1 Å². The highest BCUT2D eigenvalue weighted by Crippen LogP contribution is 2.24. The van der Waals surface area contributed by atoms with Gasteiger partial charge in [0.05, 0.1) is 11.6 Å². The van der Waals surface area contributed by atoms with E-state index in [2.05, 4.69) is 34.0 Å². The van der Waals surface area contributed by atoms with E-state index in [9.17, 15) is 4.79 Å². The zero-order valence-electron chi connectivity index (χ0n) is 13.3. The molecule has 5 nitrogen and oxygen atoms in total. The Kier molecular flexibility index (Phi) is 4.93. The average molecular weight is 328 g/mol. The third kappa shape index (κ3) is 3.54. The van der Waals surface area contributed by atoms with E-state index in [1.165, 1.54) is 17.3 Å². The fourth-order valence-corrected chi connectivity index (χ4v) is 3.12. The molecule has 1 aliphatic rings. The van der Waals surface area contributed by atoms with Gasteiger partial charge in [-0.1, -0.05) is 42.1 Å². The van der Waals surface area contributed by atoms with Gasteiger partial charge in [0.2, 0.25) is 0 Å². The maximum Gasteiger partial charge on any atom is 0.257 e. The van der Waals surface area contributed by atoms with Gasteiger partial charge in [-0.05, 0) is 18.9 Å². The Balaban J connectivity index is 1.76. The van der Waals surface area contributed by atoms with Crippen LogP contribution in [0.15, 0.2) is 47.9 Å². The largest absolute Gasteiger partial charge is 0.335 e. The molecule has 0 unspecified atom stereocenters. The molecule has 0 radical (unpaired) electrons. The van der Waals surface area contributed by atoms with Crippen LogP contribution in [-0.4, -0.2) is 58.6 Å². The SMILES string of the molecule is CSc1ncc(C(=O)N2CCN(C)[C@H](c3ccccc3)C2)cn1. The van der Waals surface area contributed by atoms with E-state index in [4.69, 9.17) is 0 Å². The molecule has 120 valence electrons. The van der Waals surface area contributed by atoms with E-state index >= 15 is 0 Å². The molecule has 1 atom stereocenters. The molecule has 1 fully saturated rings. The lowest BCUT2D eigenvalue weighted by atomic mass is 10.0. The molecule has 1 aromatic heterocycles. The first-order valence-corrected chi connectivity index (χ1v) is 8.82. The van der Waals surface area contributed by atoms with Crippen LogP contribution >= 0.6 is 11.8 Å². The van der Waals surface area contributed by atoms with E-state index in [1.807, 2.05) is 29.4 Å². The summed E-state index contributed by atoms with van der Waals surface area (Å²) in [7, 11) is 2.11. The number of likely N-dealkylation sites (N-methyl/N-ethyl adjacent to an activating group) is 1. The quantitative estimate of drug-likeness (QED) is 0.639. The molecular weight excluding hydrogens is 308 g/mol. The highest BCUT2D eigenvalue weighted by molar-refractivity contribution is 7.98. The number of thioether (sulfide) groups is 1. The van der Waals surface area contributed by atoms with E-state index in [1.54, 1.807) is 12.4 Å². The number of hydrogen-bond donors (Lipinski definition) is 0. The predicted octanol–water partition coefficient (Wildman–Crippen LogP) is 2.33. The zero-order chi connectivity index (χ0) is 16.2. The third-order valence-electron chi connectivity index (χ3n) is 4.18. The minimum Gasteiger partial charge on any atom is -0.335 e. The Bertz CT molecular complexity index is 662. The topological polar surface area (TPSA) is 49.3 Å². The number of aromatic nitrogens is 2. The molecule has 2 heterocycles. The van der Waals surface area contributed by atoms with Crippen LogP contribution < -0.4 is 0 Å². The molecular formula is C17H20N4OS. The Morgan fingerprint density at radius 3 is 2.52 bits per heavy atom. The van der Waals surface area contributed by atoms with Gasteiger partial charge in [-0.15, -0.1) is 0 Å². The molecule has 1 saturated heterocycles. The second-order valence-corrected chi connectivity index (χ2v) is 6.39. The number of nitrogens with zero attached hydrogens (tertiary/aromatic N) is 4. The van der Waals surface area contributed by atoms with Crippen molar-refractivity contribution >= 4 is 17.7 Å². The van der Waals surface area contributed by atoms with Crippen molar-refractivity contribution in [2.75, 3.05) is 32.9 Å². The van der Waals surface area contributed by atoms with Crippen LogP contribution in [0.4, 0.5) is 0 Å². The molecule has 1 amide bonds. The lowest BCUT2D eigenvalue weighted by Gasteiger charge is -2.39. The second kappa shape index (κ2) is 7.10. The Morgan fingerprint density at radius 1 is 1.17 bits per heavy atom. The van der Waals surface area contributed by atoms with Gasteiger partial charge in [-0.25, -0.2) is 9.97 Å². The van der Waals surface area contributed by atoms with Gasteiger partial charge in [-0.3, -0.25) is 9.69 Å². The van der Waals surface area contributed by atoms with Crippen molar-refractivity contribution in [1.82, 2.24) is 19.8 Å². The van der Waals surface area contributed by atoms with Crippen molar-refractivity contribution in [3.8, 4) is 0 Å². The van der Waals surface area contributed by atoms with Gasteiger partial charge < -0.3 is 4.90 Å². The number of rotatable bonds is 3. The normalized spacial score (nSPS) is 18.9. The minimum atomic E-state index is 0.00619. The number of piperazine rings is 1. The summed E-state index contributed by atoms with van der Waals surface area (Å²) in [6.07, 6.45) is 5.16. The summed E-state index contributed by atoms with van der Waals surface area (Å²) in [5.41, 5.74) is 1.79. The molecule has 0 bridgehead atoms. The lowest BCUT2D eigenvalue weighted by Crippen LogP contribution is -2.49. The van der Waals surface area contributed by atoms with Crippen LogP contribution in [0, 0.1) is 0 Å². The minimum absolute atomic E-state index is 0.00619. The average Bonchev–Trinajstić information content (AvgIpc) is 2.62. The summed E-state index contributed by atoms with van der Waals surface area (Å²) in [6, 6.07) is 10.6. The van der Waals surface area contributed by atoms with Crippen molar-refractivity contribution in [2.24, 2.45) is 0 Å². The van der Waals surface area contributed by atoms with E-state index in [-0.39, 0.29) is 11.9 Å². The van der Waals surface area contributed by atoms with Gasteiger partial charge >= 0.3 is 0 Å². The van der Waals surface area contributed by atoms with Crippen LogP contribution in [0.3, 0.4) is 0 Å². The lowest BCUT2D eigenvalue weighted by molar-refractivity contribution is 0.0545. The first-order valence-electron chi connectivity index (χ1n) is 7.59. The molecule has 23 heavy (non-hydrogen) atoms.